The molecule has 124 valence electrons. The number of halogens is 3. The molecule has 0 fully saturated rings. The van der Waals surface area contributed by atoms with E-state index in [1.807, 2.05) is 25.3 Å². The summed E-state index contributed by atoms with van der Waals surface area (Å²) < 4.78 is 37.5. The molecular weight excluding hydrogens is 319 g/mol. The van der Waals surface area contributed by atoms with Gasteiger partial charge in [0.2, 0.25) is 0 Å². The Balaban J connectivity index is 1.72. The summed E-state index contributed by atoms with van der Waals surface area (Å²) in [6.07, 6.45) is -2.59. The second kappa shape index (κ2) is 5.92. The maximum absolute atomic E-state index is 12.5. The maximum Gasteiger partial charge on any atom is 0.416 e. The molecular formula is C17H14F3N3O. The smallest absolute Gasteiger partial charge is 0.361 e. The van der Waals surface area contributed by atoms with Crippen molar-refractivity contribution < 1.29 is 18.0 Å². The normalized spacial score (nSPS) is 11.5. The zero-order valence-corrected chi connectivity index (χ0v) is 12.7. The Hall–Kier alpha value is -2.96. The number of benzene rings is 2. The first-order valence-electron chi connectivity index (χ1n) is 7.16. The van der Waals surface area contributed by atoms with E-state index in [4.69, 9.17) is 0 Å². The van der Waals surface area contributed by atoms with Gasteiger partial charge in [-0.1, -0.05) is 6.07 Å². The molecule has 4 nitrogen and oxygen atoms in total. The van der Waals surface area contributed by atoms with Crippen molar-refractivity contribution in [3.8, 4) is 0 Å². The third-order valence-electron chi connectivity index (χ3n) is 3.71. The van der Waals surface area contributed by atoms with Gasteiger partial charge in [-0.25, -0.2) is 4.79 Å². The van der Waals surface area contributed by atoms with Crippen molar-refractivity contribution in [2.24, 2.45) is 0 Å². The molecule has 2 aromatic carbocycles. The van der Waals surface area contributed by atoms with Gasteiger partial charge in [0.1, 0.15) is 0 Å². The number of carbonyl (C=O) groups excluding carboxylic acids is 1. The van der Waals surface area contributed by atoms with Crippen LogP contribution in [-0.4, -0.2) is 11.0 Å². The Kier molecular flexibility index (Phi) is 3.92. The SMILES string of the molecule is Cc1c(NC(=O)Nc2ccc(C(F)(F)F)cc2)ccc2cc[nH]c12. The van der Waals surface area contributed by atoms with Crippen LogP contribution in [0.2, 0.25) is 0 Å². The molecule has 7 heteroatoms. The Morgan fingerprint density at radius 3 is 2.38 bits per heavy atom. The topological polar surface area (TPSA) is 56.9 Å². The molecule has 0 aliphatic heterocycles. The van der Waals surface area contributed by atoms with Gasteiger partial charge in [-0.2, -0.15) is 13.2 Å². The van der Waals surface area contributed by atoms with E-state index in [2.05, 4.69) is 15.6 Å². The van der Waals surface area contributed by atoms with Gasteiger partial charge in [0.05, 0.1) is 11.1 Å². The Morgan fingerprint density at radius 1 is 1.00 bits per heavy atom. The molecule has 1 heterocycles. The van der Waals surface area contributed by atoms with E-state index in [-0.39, 0.29) is 5.69 Å². The highest BCUT2D eigenvalue weighted by Gasteiger charge is 2.29. The number of amides is 2. The molecule has 3 aromatic rings. The molecule has 0 saturated heterocycles. The maximum atomic E-state index is 12.5. The molecule has 3 N–H and O–H groups in total. The standard InChI is InChI=1S/C17H14F3N3O/c1-10-14(7-2-11-8-9-21-15(10)11)23-16(24)22-13-5-3-12(4-6-13)17(18,19)20/h2-9,21H,1H3,(H2,22,23,24). The van der Waals surface area contributed by atoms with Gasteiger partial charge >= 0.3 is 12.2 Å². The summed E-state index contributed by atoms with van der Waals surface area (Å²) >= 11 is 0. The molecule has 0 radical (unpaired) electrons. The minimum Gasteiger partial charge on any atom is -0.361 e. The predicted molar refractivity (Wildman–Crippen MR) is 87.1 cm³/mol. The number of alkyl halides is 3. The Bertz CT molecular complexity index is 882. The third-order valence-corrected chi connectivity index (χ3v) is 3.71. The first kappa shape index (κ1) is 15.9. The van der Waals surface area contributed by atoms with E-state index in [9.17, 15) is 18.0 Å². The van der Waals surface area contributed by atoms with E-state index >= 15 is 0 Å². The molecule has 24 heavy (non-hydrogen) atoms. The summed E-state index contributed by atoms with van der Waals surface area (Å²) in [5, 5.41) is 6.23. The highest BCUT2D eigenvalue weighted by molar-refractivity contribution is 6.02. The zero-order valence-electron chi connectivity index (χ0n) is 12.7. The third kappa shape index (κ3) is 3.19. The second-order valence-electron chi connectivity index (χ2n) is 5.33. The number of carbonyl (C=O) groups is 1. The molecule has 0 aliphatic carbocycles. The number of H-pyrrole nitrogens is 1. The molecule has 1 aromatic heterocycles. The number of rotatable bonds is 2. The Labute approximate surface area is 135 Å². The van der Waals surface area contributed by atoms with Gasteiger partial charge in [-0.05, 0) is 54.3 Å². The first-order chi connectivity index (χ1) is 11.3. The van der Waals surface area contributed by atoms with E-state index in [0.717, 1.165) is 28.6 Å². The van der Waals surface area contributed by atoms with E-state index in [0.29, 0.717) is 5.69 Å². The molecule has 0 spiro atoms. The number of aromatic amines is 1. The van der Waals surface area contributed by atoms with Crippen LogP contribution in [-0.2, 0) is 6.18 Å². The van der Waals surface area contributed by atoms with Crippen LogP contribution in [0.25, 0.3) is 10.9 Å². The van der Waals surface area contributed by atoms with Crippen LogP contribution in [0.3, 0.4) is 0 Å². The number of aryl methyl sites for hydroxylation is 1. The lowest BCUT2D eigenvalue weighted by molar-refractivity contribution is -0.137. The summed E-state index contributed by atoms with van der Waals surface area (Å²) in [5.41, 5.74) is 1.93. The largest absolute Gasteiger partial charge is 0.416 e. The molecule has 0 unspecified atom stereocenters. The van der Waals surface area contributed by atoms with Crippen molar-refractivity contribution >= 4 is 28.3 Å². The van der Waals surface area contributed by atoms with Crippen LogP contribution in [0.1, 0.15) is 11.1 Å². The lowest BCUT2D eigenvalue weighted by atomic mass is 10.1. The van der Waals surface area contributed by atoms with E-state index in [1.54, 1.807) is 6.07 Å². The number of aromatic nitrogens is 1. The van der Waals surface area contributed by atoms with Crippen LogP contribution < -0.4 is 10.6 Å². The number of urea groups is 1. The number of anilines is 2. The van der Waals surface area contributed by atoms with Crippen LogP contribution in [0, 0.1) is 6.92 Å². The molecule has 0 bridgehead atoms. The van der Waals surface area contributed by atoms with E-state index < -0.39 is 17.8 Å². The van der Waals surface area contributed by atoms with Crippen LogP contribution in [0.15, 0.2) is 48.7 Å². The summed E-state index contributed by atoms with van der Waals surface area (Å²) in [6.45, 7) is 1.87. The van der Waals surface area contributed by atoms with Crippen LogP contribution >= 0.6 is 0 Å². The van der Waals surface area contributed by atoms with Gasteiger partial charge in [-0.15, -0.1) is 0 Å². The highest BCUT2D eigenvalue weighted by Crippen LogP contribution is 2.30. The van der Waals surface area contributed by atoms with Crippen molar-refractivity contribution in [2.75, 3.05) is 10.6 Å². The number of fused-ring (bicyclic) bond motifs is 1. The van der Waals surface area contributed by atoms with Crippen molar-refractivity contribution in [3.63, 3.8) is 0 Å². The van der Waals surface area contributed by atoms with Crippen molar-refractivity contribution in [1.29, 1.82) is 0 Å². The first-order valence-corrected chi connectivity index (χ1v) is 7.16. The minimum atomic E-state index is -4.40. The van der Waals surface area contributed by atoms with Gasteiger partial charge < -0.3 is 15.6 Å². The predicted octanol–water partition coefficient (Wildman–Crippen LogP) is 5.14. The molecule has 0 aliphatic rings. The molecule has 0 saturated carbocycles. The molecule has 3 rings (SSSR count). The Morgan fingerprint density at radius 2 is 1.71 bits per heavy atom. The average Bonchev–Trinajstić information content (AvgIpc) is 2.99. The quantitative estimate of drug-likeness (QED) is 0.597. The second-order valence-corrected chi connectivity index (χ2v) is 5.33. The fourth-order valence-electron chi connectivity index (χ4n) is 2.44. The van der Waals surface area contributed by atoms with Crippen LogP contribution in [0.5, 0.6) is 0 Å². The monoisotopic (exact) mass is 333 g/mol. The number of hydrogen-bond donors (Lipinski definition) is 3. The van der Waals surface area contributed by atoms with Gasteiger partial charge in [-0.3, -0.25) is 0 Å². The lowest BCUT2D eigenvalue weighted by Gasteiger charge is -2.11. The molecule has 2 amide bonds. The fraction of sp³-hybridized carbons (Fsp3) is 0.118. The van der Waals surface area contributed by atoms with Crippen molar-refractivity contribution in [3.05, 3.63) is 59.8 Å². The lowest BCUT2D eigenvalue weighted by Crippen LogP contribution is -2.20. The van der Waals surface area contributed by atoms with Gasteiger partial charge in [0.15, 0.2) is 0 Å². The van der Waals surface area contributed by atoms with Crippen molar-refractivity contribution in [2.45, 2.75) is 13.1 Å². The zero-order chi connectivity index (χ0) is 17.3. The number of hydrogen-bond acceptors (Lipinski definition) is 1. The van der Waals surface area contributed by atoms with Gasteiger partial charge in [0.25, 0.3) is 0 Å². The average molecular weight is 333 g/mol. The minimum absolute atomic E-state index is 0.277. The highest BCUT2D eigenvalue weighted by atomic mass is 19.4. The molecule has 0 atom stereocenters. The van der Waals surface area contributed by atoms with Crippen LogP contribution in [0.4, 0.5) is 29.3 Å². The summed E-state index contributed by atoms with van der Waals surface area (Å²) in [7, 11) is 0. The van der Waals surface area contributed by atoms with Crippen molar-refractivity contribution in [1.82, 2.24) is 4.98 Å². The summed E-state index contributed by atoms with van der Waals surface area (Å²) in [5.74, 6) is 0. The van der Waals surface area contributed by atoms with E-state index in [1.165, 1.54) is 12.1 Å². The summed E-state index contributed by atoms with van der Waals surface area (Å²) in [4.78, 5) is 15.1. The number of nitrogens with one attached hydrogen (secondary N) is 3. The summed E-state index contributed by atoms with van der Waals surface area (Å²) in [6, 6.07) is 9.31. The fourth-order valence-corrected chi connectivity index (χ4v) is 2.44. The van der Waals surface area contributed by atoms with Gasteiger partial charge in [0, 0.05) is 17.6 Å².